The number of nitro groups is 1. The molecule has 1 fully saturated rings. The summed E-state index contributed by atoms with van der Waals surface area (Å²) in [6.45, 7) is 1.86. The lowest BCUT2D eigenvalue weighted by Gasteiger charge is -2.23. The summed E-state index contributed by atoms with van der Waals surface area (Å²) in [5.74, 6) is 0. The summed E-state index contributed by atoms with van der Waals surface area (Å²) >= 11 is 0. The van der Waals surface area contributed by atoms with Crippen molar-refractivity contribution in [1.29, 1.82) is 0 Å². The van der Waals surface area contributed by atoms with E-state index in [0.717, 1.165) is 6.42 Å². The predicted octanol–water partition coefficient (Wildman–Crippen LogP) is 0.910. The lowest BCUT2D eigenvalue weighted by atomic mass is 10.3. The number of nitrogens with zero attached hydrogens (tertiary/aromatic N) is 2. The second kappa shape index (κ2) is 5.74. The molecule has 1 aliphatic rings. The van der Waals surface area contributed by atoms with Gasteiger partial charge in [0.25, 0.3) is 5.43 Å². The average Bonchev–Trinajstić information content (AvgIpc) is 2.38. The van der Waals surface area contributed by atoms with Gasteiger partial charge in [-0.2, -0.15) is 0 Å². The molecule has 0 atom stereocenters. The minimum Gasteiger partial charge on any atom is -0.353 e. The molecule has 98 valence electrons. The monoisotopic (exact) mass is 254 g/mol. The van der Waals surface area contributed by atoms with Gasteiger partial charge < -0.3 is 14.0 Å². The summed E-state index contributed by atoms with van der Waals surface area (Å²) in [6.07, 6.45) is 3.99. The minimum atomic E-state index is -0.674. The van der Waals surface area contributed by atoms with E-state index in [1.54, 1.807) is 4.57 Å². The first kappa shape index (κ1) is 12.7. The molecule has 0 unspecified atom stereocenters. The zero-order valence-corrected chi connectivity index (χ0v) is 9.78. The van der Waals surface area contributed by atoms with Gasteiger partial charge in [0, 0.05) is 25.2 Å². The molecule has 2 rings (SSSR count). The molecule has 0 aliphatic carbocycles. The van der Waals surface area contributed by atoms with Crippen LogP contribution in [0, 0.1) is 10.1 Å². The van der Waals surface area contributed by atoms with Gasteiger partial charge in [0.05, 0.1) is 24.3 Å². The molecular formula is C11H14N2O5. The molecule has 0 saturated carbocycles. The highest BCUT2D eigenvalue weighted by Crippen LogP contribution is 2.10. The Balaban J connectivity index is 1.98. The van der Waals surface area contributed by atoms with Crippen LogP contribution >= 0.6 is 0 Å². The Kier molecular flexibility index (Phi) is 4.06. The van der Waals surface area contributed by atoms with Crippen molar-refractivity contribution >= 4 is 5.69 Å². The maximum absolute atomic E-state index is 11.2. The fraction of sp³-hybridized carbons (Fsp3) is 0.545. The third-order valence-corrected chi connectivity index (χ3v) is 2.67. The van der Waals surface area contributed by atoms with Crippen LogP contribution in [0.5, 0.6) is 0 Å². The van der Waals surface area contributed by atoms with Crippen LogP contribution in [0.15, 0.2) is 23.3 Å². The van der Waals surface area contributed by atoms with Gasteiger partial charge >= 0.3 is 5.69 Å². The molecular weight excluding hydrogens is 240 g/mol. The molecule has 0 aromatic carbocycles. The fourth-order valence-electron chi connectivity index (χ4n) is 1.75. The van der Waals surface area contributed by atoms with Gasteiger partial charge in [-0.1, -0.05) is 0 Å². The highest BCUT2D eigenvalue weighted by atomic mass is 16.7. The van der Waals surface area contributed by atoms with Gasteiger partial charge in [0.1, 0.15) is 0 Å². The Morgan fingerprint density at radius 2 is 2.17 bits per heavy atom. The van der Waals surface area contributed by atoms with Crippen molar-refractivity contribution in [3.8, 4) is 0 Å². The Morgan fingerprint density at radius 3 is 2.83 bits per heavy atom. The van der Waals surface area contributed by atoms with E-state index in [2.05, 4.69) is 0 Å². The number of aromatic nitrogens is 1. The highest BCUT2D eigenvalue weighted by molar-refractivity contribution is 5.25. The summed E-state index contributed by atoms with van der Waals surface area (Å²) in [7, 11) is 0. The summed E-state index contributed by atoms with van der Waals surface area (Å²) in [6, 6.07) is 1.20. The Morgan fingerprint density at radius 1 is 1.44 bits per heavy atom. The van der Waals surface area contributed by atoms with E-state index < -0.39 is 16.0 Å². The standard InChI is InChI=1S/C11H14N2O5/c14-10-2-4-12(8-9(10)13(15)16)5-3-11-17-6-1-7-18-11/h2,4,8,11H,1,3,5-7H2. The number of ether oxygens (including phenoxy) is 2. The number of pyridine rings is 1. The lowest BCUT2D eigenvalue weighted by molar-refractivity contribution is -0.386. The van der Waals surface area contributed by atoms with E-state index in [0.29, 0.717) is 26.2 Å². The van der Waals surface area contributed by atoms with Crippen LogP contribution in [-0.2, 0) is 16.0 Å². The smallest absolute Gasteiger partial charge is 0.332 e. The van der Waals surface area contributed by atoms with Crippen LogP contribution in [0.2, 0.25) is 0 Å². The van der Waals surface area contributed by atoms with E-state index in [1.165, 1.54) is 18.5 Å². The molecule has 1 aromatic rings. The first-order valence-corrected chi connectivity index (χ1v) is 5.74. The number of aryl methyl sites for hydroxylation is 1. The van der Waals surface area contributed by atoms with Crippen LogP contribution in [-0.4, -0.2) is 29.0 Å². The molecule has 0 N–H and O–H groups in total. The molecule has 0 spiro atoms. The van der Waals surface area contributed by atoms with Crippen LogP contribution in [0.4, 0.5) is 5.69 Å². The molecule has 0 bridgehead atoms. The third-order valence-electron chi connectivity index (χ3n) is 2.67. The number of hydrogen-bond acceptors (Lipinski definition) is 5. The summed E-state index contributed by atoms with van der Waals surface area (Å²) in [4.78, 5) is 21.2. The molecule has 1 aliphatic heterocycles. The van der Waals surface area contributed by atoms with Gasteiger partial charge in [-0.15, -0.1) is 0 Å². The van der Waals surface area contributed by atoms with Crippen molar-refractivity contribution in [3.05, 3.63) is 38.8 Å². The SMILES string of the molecule is O=c1ccn(CCC2OCCCO2)cc1[N+](=O)[O-]. The van der Waals surface area contributed by atoms with Crippen molar-refractivity contribution in [2.24, 2.45) is 0 Å². The maximum atomic E-state index is 11.2. The van der Waals surface area contributed by atoms with Crippen molar-refractivity contribution < 1.29 is 14.4 Å². The fourth-order valence-corrected chi connectivity index (χ4v) is 1.75. The Bertz CT molecular complexity index is 479. The average molecular weight is 254 g/mol. The molecule has 7 nitrogen and oxygen atoms in total. The molecule has 0 amide bonds. The first-order chi connectivity index (χ1) is 8.66. The van der Waals surface area contributed by atoms with Gasteiger partial charge in [-0.3, -0.25) is 14.9 Å². The van der Waals surface area contributed by atoms with Crippen molar-refractivity contribution in [2.75, 3.05) is 13.2 Å². The quantitative estimate of drug-likeness (QED) is 0.589. The zero-order chi connectivity index (χ0) is 13.0. The Hall–Kier alpha value is -1.73. The topological polar surface area (TPSA) is 83.6 Å². The van der Waals surface area contributed by atoms with Crippen molar-refractivity contribution in [2.45, 2.75) is 25.7 Å². The van der Waals surface area contributed by atoms with Crippen LogP contribution in [0.1, 0.15) is 12.8 Å². The highest BCUT2D eigenvalue weighted by Gasteiger charge is 2.15. The van der Waals surface area contributed by atoms with Gasteiger partial charge in [0.15, 0.2) is 6.29 Å². The number of rotatable bonds is 4. The summed E-state index contributed by atoms with van der Waals surface area (Å²) < 4.78 is 12.3. The number of hydrogen-bond donors (Lipinski definition) is 0. The van der Waals surface area contributed by atoms with Crippen LogP contribution in [0.25, 0.3) is 0 Å². The second-order valence-electron chi connectivity index (χ2n) is 4.00. The Labute approximate surface area is 103 Å². The van der Waals surface area contributed by atoms with E-state index >= 15 is 0 Å². The van der Waals surface area contributed by atoms with Crippen molar-refractivity contribution in [3.63, 3.8) is 0 Å². The zero-order valence-electron chi connectivity index (χ0n) is 9.78. The van der Waals surface area contributed by atoms with E-state index in [1.807, 2.05) is 0 Å². The molecule has 1 aromatic heterocycles. The molecule has 2 heterocycles. The van der Waals surface area contributed by atoms with Crippen LogP contribution in [0.3, 0.4) is 0 Å². The second-order valence-corrected chi connectivity index (χ2v) is 4.00. The first-order valence-electron chi connectivity index (χ1n) is 5.74. The molecule has 7 heteroatoms. The lowest BCUT2D eigenvalue weighted by Crippen LogP contribution is -2.26. The van der Waals surface area contributed by atoms with E-state index in [9.17, 15) is 14.9 Å². The normalized spacial score (nSPS) is 16.7. The molecule has 1 saturated heterocycles. The summed E-state index contributed by atoms with van der Waals surface area (Å²) in [5.41, 5.74) is -0.996. The van der Waals surface area contributed by atoms with Crippen molar-refractivity contribution in [1.82, 2.24) is 4.57 Å². The third kappa shape index (κ3) is 3.14. The maximum Gasteiger partial charge on any atom is 0.332 e. The molecule has 18 heavy (non-hydrogen) atoms. The van der Waals surface area contributed by atoms with E-state index in [4.69, 9.17) is 9.47 Å². The van der Waals surface area contributed by atoms with Gasteiger partial charge in [0.2, 0.25) is 0 Å². The molecule has 0 radical (unpaired) electrons. The largest absolute Gasteiger partial charge is 0.353 e. The minimum absolute atomic E-state index is 0.266. The van der Waals surface area contributed by atoms with E-state index in [-0.39, 0.29) is 6.29 Å². The van der Waals surface area contributed by atoms with Crippen LogP contribution < -0.4 is 5.43 Å². The summed E-state index contributed by atoms with van der Waals surface area (Å²) in [5, 5.41) is 10.6. The predicted molar refractivity (Wildman–Crippen MR) is 62.3 cm³/mol. The van der Waals surface area contributed by atoms with Gasteiger partial charge in [-0.25, -0.2) is 0 Å². The van der Waals surface area contributed by atoms with Gasteiger partial charge in [-0.05, 0) is 6.42 Å².